The molecule has 1 amide bonds. The predicted molar refractivity (Wildman–Crippen MR) is 128 cm³/mol. The molecule has 0 spiro atoms. The molecule has 3 N–H and O–H groups in total. The van der Waals surface area contributed by atoms with Gasteiger partial charge in [-0.1, -0.05) is 12.1 Å². The normalized spacial score (nSPS) is 12.9. The minimum absolute atomic E-state index is 0.159. The first-order valence-electron chi connectivity index (χ1n) is 10.8. The Kier molecular flexibility index (Phi) is 6.10. The number of fused-ring (bicyclic) bond motifs is 2. The first-order valence-corrected chi connectivity index (χ1v) is 10.8. The van der Waals surface area contributed by atoms with Crippen LogP contribution in [0.3, 0.4) is 0 Å². The fraction of sp³-hybridized carbons (Fsp3) is 0.0800. The molecule has 0 aliphatic carbocycles. The quantitative estimate of drug-likeness (QED) is 0.220. The summed E-state index contributed by atoms with van der Waals surface area (Å²) in [6.07, 6.45) is 8.60. The van der Waals surface area contributed by atoms with E-state index in [1.54, 1.807) is 47.0 Å². The summed E-state index contributed by atoms with van der Waals surface area (Å²) >= 11 is 0. The van der Waals surface area contributed by atoms with Gasteiger partial charge in [0.25, 0.3) is 0 Å². The number of hydrogen-bond acceptors (Lipinski definition) is 8. The van der Waals surface area contributed by atoms with Crippen LogP contribution < -0.4 is 20.5 Å². The van der Waals surface area contributed by atoms with Crippen LogP contribution in [-0.4, -0.2) is 37.8 Å². The van der Waals surface area contributed by atoms with E-state index < -0.39 is 23.9 Å². The number of rotatable bonds is 8. The topological polar surface area (TPSA) is 134 Å². The molecule has 0 radical (unpaired) electrons. The third kappa shape index (κ3) is 5.04. The van der Waals surface area contributed by atoms with E-state index in [1.165, 1.54) is 24.5 Å². The van der Waals surface area contributed by atoms with E-state index in [0.29, 0.717) is 40.2 Å². The molecule has 5 rings (SSSR count). The van der Waals surface area contributed by atoms with Gasteiger partial charge < -0.3 is 20.5 Å². The van der Waals surface area contributed by atoms with Gasteiger partial charge in [0, 0.05) is 24.2 Å². The number of allylic oxidation sites excluding steroid dienone is 2. The predicted octanol–water partition coefficient (Wildman–Crippen LogP) is 3.11. The van der Waals surface area contributed by atoms with Gasteiger partial charge in [-0.3, -0.25) is 14.0 Å². The maximum Gasteiger partial charge on any atom is 0.231 e. The maximum absolute atomic E-state index is 13.8. The summed E-state index contributed by atoms with van der Waals surface area (Å²) in [5.41, 5.74) is 7.34. The molecule has 1 aliphatic rings. The molecule has 4 aromatic rings. The van der Waals surface area contributed by atoms with Crippen molar-refractivity contribution in [1.82, 2.24) is 19.4 Å². The van der Waals surface area contributed by atoms with Crippen molar-refractivity contribution in [2.45, 2.75) is 6.42 Å². The zero-order valence-corrected chi connectivity index (χ0v) is 18.7. The molecular formula is C25H19FN6O4. The number of nitrogens with two attached hydrogens (primary N) is 1. The molecule has 0 fully saturated rings. The number of amides is 1. The Bertz CT molecular complexity index is 1540. The Labute approximate surface area is 203 Å². The van der Waals surface area contributed by atoms with Gasteiger partial charge >= 0.3 is 0 Å². The Morgan fingerprint density at radius 3 is 2.86 bits per heavy atom. The van der Waals surface area contributed by atoms with Crippen molar-refractivity contribution in [3.05, 3.63) is 84.2 Å². The number of hydrogen-bond donors (Lipinski definition) is 2. The van der Waals surface area contributed by atoms with E-state index in [0.717, 1.165) is 5.56 Å². The average molecular weight is 486 g/mol. The first kappa shape index (κ1) is 22.7. The molecule has 3 aromatic heterocycles. The van der Waals surface area contributed by atoms with Crippen molar-refractivity contribution in [3.63, 3.8) is 0 Å². The summed E-state index contributed by atoms with van der Waals surface area (Å²) in [5, 5.41) is 3.06. The number of carbonyl (C=O) groups is 2. The van der Waals surface area contributed by atoms with Gasteiger partial charge in [-0.05, 0) is 42.0 Å². The van der Waals surface area contributed by atoms with Crippen LogP contribution in [0.1, 0.15) is 12.0 Å². The second-order valence-corrected chi connectivity index (χ2v) is 7.76. The van der Waals surface area contributed by atoms with Crippen molar-refractivity contribution in [1.29, 1.82) is 0 Å². The van der Waals surface area contributed by atoms with Gasteiger partial charge in [0.2, 0.25) is 12.7 Å². The Morgan fingerprint density at radius 1 is 1.14 bits per heavy atom. The molecular weight excluding hydrogens is 467 g/mol. The van der Waals surface area contributed by atoms with E-state index in [4.69, 9.17) is 15.2 Å². The number of anilines is 1. The van der Waals surface area contributed by atoms with Crippen LogP contribution in [0.25, 0.3) is 23.2 Å². The molecule has 0 unspecified atom stereocenters. The highest BCUT2D eigenvalue weighted by molar-refractivity contribution is 6.04. The zero-order chi connectivity index (χ0) is 25.1. The molecule has 180 valence electrons. The maximum atomic E-state index is 13.8. The van der Waals surface area contributed by atoms with Crippen LogP contribution in [0.4, 0.5) is 10.2 Å². The summed E-state index contributed by atoms with van der Waals surface area (Å²) in [7, 11) is 0. The largest absolute Gasteiger partial charge is 0.454 e. The summed E-state index contributed by atoms with van der Waals surface area (Å²) in [5.74, 6) is 0.276. The highest BCUT2D eigenvalue weighted by atomic mass is 19.1. The molecule has 0 saturated carbocycles. The monoisotopic (exact) mass is 486 g/mol. The average Bonchev–Trinajstić information content (AvgIpc) is 3.48. The molecule has 1 aliphatic heterocycles. The number of pyridine rings is 1. The van der Waals surface area contributed by atoms with E-state index in [9.17, 15) is 14.0 Å². The molecule has 1 aromatic carbocycles. The van der Waals surface area contributed by atoms with Gasteiger partial charge in [-0.15, -0.1) is 0 Å². The second-order valence-electron chi connectivity index (χ2n) is 7.76. The second kappa shape index (κ2) is 9.66. The minimum Gasteiger partial charge on any atom is -0.454 e. The van der Waals surface area contributed by atoms with Crippen molar-refractivity contribution >= 4 is 29.2 Å². The van der Waals surface area contributed by atoms with E-state index >= 15 is 0 Å². The SMILES string of the molecule is NC(=O)CC(=O)C=C(C=Cc1ccc2c(c1)OCO2)Nc1ccnc(-c2cnc3ccc(F)cn23)n1. The summed E-state index contributed by atoms with van der Waals surface area (Å²) < 4.78 is 26.0. The third-order valence-corrected chi connectivity index (χ3v) is 5.14. The highest BCUT2D eigenvalue weighted by Gasteiger charge is 2.13. The van der Waals surface area contributed by atoms with Crippen molar-refractivity contribution in [2.24, 2.45) is 5.73 Å². The van der Waals surface area contributed by atoms with Gasteiger partial charge in [-0.2, -0.15) is 0 Å². The number of benzene rings is 1. The molecule has 0 atom stereocenters. The van der Waals surface area contributed by atoms with Crippen LogP contribution in [-0.2, 0) is 9.59 Å². The number of ketones is 1. The lowest BCUT2D eigenvalue weighted by molar-refractivity contribution is -0.124. The van der Waals surface area contributed by atoms with Crippen LogP contribution >= 0.6 is 0 Å². The zero-order valence-electron chi connectivity index (χ0n) is 18.7. The number of imidazole rings is 1. The highest BCUT2D eigenvalue weighted by Crippen LogP contribution is 2.33. The molecule has 4 heterocycles. The molecule has 11 heteroatoms. The van der Waals surface area contributed by atoms with Crippen LogP contribution in [0.2, 0.25) is 0 Å². The Balaban J connectivity index is 1.44. The van der Waals surface area contributed by atoms with Crippen molar-refractivity contribution in [2.75, 3.05) is 12.1 Å². The fourth-order valence-corrected chi connectivity index (χ4v) is 3.54. The molecule has 10 nitrogen and oxygen atoms in total. The summed E-state index contributed by atoms with van der Waals surface area (Å²) in [6, 6.07) is 9.89. The van der Waals surface area contributed by atoms with Crippen LogP contribution in [0, 0.1) is 5.82 Å². The van der Waals surface area contributed by atoms with Crippen LogP contribution in [0.15, 0.2) is 72.8 Å². The third-order valence-electron chi connectivity index (χ3n) is 5.14. The number of aromatic nitrogens is 4. The number of nitrogens with zero attached hydrogens (tertiary/aromatic N) is 4. The minimum atomic E-state index is -0.737. The van der Waals surface area contributed by atoms with Gasteiger partial charge in [0.15, 0.2) is 23.1 Å². The Hall–Kier alpha value is -5.06. The lowest BCUT2D eigenvalue weighted by atomic mass is 10.1. The number of halogens is 1. The summed E-state index contributed by atoms with van der Waals surface area (Å²) in [4.78, 5) is 36.5. The number of nitrogens with one attached hydrogen (secondary N) is 1. The van der Waals surface area contributed by atoms with Crippen LogP contribution in [0.5, 0.6) is 11.5 Å². The number of primary amides is 1. The Morgan fingerprint density at radius 2 is 2.00 bits per heavy atom. The molecule has 36 heavy (non-hydrogen) atoms. The van der Waals surface area contributed by atoms with Crippen molar-refractivity contribution < 1.29 is 23.5 Å². The van der Waals surface area contributed by atoms with Gasteiger partial charge in [-0.25, -0.2) is 19.3 Å². The van der Waals surface area contributed by atoms with E-state index in [1.807, 2.05) is 6.07 Å². The lowest BCUT2D eigenvalue weighted by Gasteiger charge is -2.08. The fourth-order valence-electron chi connectivity index (χ4n) is 3.54. The number of carbonyl (C=O) groups excluding carboxylic acids is 2. The standard InChI is InChI=1S/C25H19FN6O4/c26-16-3-6-24-29-12-19(32(24)13-16)25-28-8-7-23(31-25)30-17(10-18(33)11-22(27)34)4-1-15-2-5-20-21(9-15)36-14-35-20/h1-10,12-13H,11,14H2,(H2,27,34)(H,28,30,31). The van der Waals surface area contributed by atoms with E-state index in [2.05, 4.69) is 20.3 Å². The van der Waals surface area contributed by atoms with Gasteiger partial charge in [0.1, 0.15) is 23.0 Å². The number of ether oxygens (including phenoxy) is 2. The lowest BCUT2D eigenvalue weighted by Crippen LogP contribution is -2.15. The smallest absolute Gasteiger partial charge is 0.231 e. The van der Waals surface area contributed by atoms with E-state index in [-0.39, 0.29) is 6.79 Å². The first-order chi connectivity index (χ1) is 17.4. The van der Waals surface area contributed by atoms with Gasteiger partial charge in [0.05, 0.1) is 12.6 Å². The molecule has 0 bridgehead atoms. The molecule has 0 saturated heterocycles. The summed E-state index contributed by atoms with van der Waals surface area (Å²) in [6.45, 7) is 0.159. The van der Waals surface area contributed by atoms with Crippen molar-refractivity contribution in [3.8, 4) is 23.0 Å².